The Labute approximate surface area is 137 Å². The summed E-state index contributed by atoms with van der Waals surface area (Å²) in [6.45, 7) is 1.72. The van der Waals surface area contributed by atoms with E-state index in [0.717, 1.165) is 18.9 Å². The molecule has 2 aromatic rings. The van der Waals surface area contributed by atoms with Crippen LogP contribution in [0.3, 0.4) is 0 Å². The van der Waals surface area contributed by atoms with Gasteiger partial charge in [-0.2, -0.15) is 13.2 Å². The lowest BCUT2D eigenvalue weighted by Crippen LogP contribution is -2.38. The van der Waals surface area contributed by atoms with Gasteiger partial charge in [0.1, 0.15) is 11.5 Å². The first-order chi connectivity index (χ1) is 11.5. The van der Waals surface area contributed by atoms with Crippen molar-refractivity contribution in [2.45, 2.75) is 19.0 Å². The largest absolute Gasteiger partial charge is 0.463 e. The van der Waals surface area contributed by atoms with Gasteiger partial charge in [0, 0.05) is 31.4 Å². The minimum Gasteiger partial charge on any atom is -0.463 e. The van der Waals surface area contributed by atoms with Gasteiger partial charge in [-0.1, -0.05) is 6.07 Å². The number of halogens is 3. The van der Waals surface area contributed by atoms with Crippen LogP contribution in [0, 0.1) is 5.92 Å². The van der Waals surface area contributed by atoms with Crippen LogP contribution >= 0.6 is 0 Å². The number of alkyl halides is 3. The number of piperidine rings is 1. The fraction of sp³-hybridized carbons (Fsp3) is 0.438. The molecule has 0 amide bonds. The van der Waals surface area contributed by atoms with Crippen molar-refractivity contribution in [1.82, 2.24) is 15.0 Å². The number of rotatable bonds is 4. The third-order valence-electron chi connectivity index (χ3n) is 3.86. The third kappa shape index (κ3) is 4.12. The number of hydrogen-bond acceptors (Lipinski definition) is 5. The molecule has 1 fully saturated rings. The molecule has 0 N–H and O–H groups in total. The third-order valence-corrected chi connectivity index (χ3v) is 3.86. The Morgan fingerprint density at radius 3 is 2.71 bits per heavy atom. The number of anilines is 1. The molecule has 0 aliphatic carbocycles. The van der Waals surface area contributed by atoms with Crippen molar-refractivity contribution in [3.8, 4) is 6.01 Å². The average molecular weight is 338 g/mol. The Balaban J connectivity index is 1.63. The van der Waals surface area contributed by atoms with E-state index in [2.05, 4.69) is 15.0 Å². The topological polar surface area (TPSA) is 51.1 Å². The zero-order valence-electron chi connectivity index (χ0n) is 12.9. The predicted octanol–water partition coefficient (Wildman–Crippen LogP) is 3.19. The fourth-order valence-corrected chi connectivity index (χ4v) is 2.72. The van der Waals surface area contributed by atoms with Gasteiger partial charge in [-0.15, -0.1) is 0 Å². The zero-order chi connectivity index (χ0) is 17.0. The van der Waals surface area contributed by atoms with Crippen LogP contribution in [0.4, 0.5) is 19.0 Å². The van der Waals surface area contributed by atoms with E-state index >= 15 is 0 Å². The predicted molar refractivity (Wildman–Crippen MR) is 81.7 cm³/mol. The van der Waals surface area contributed by atoms with Gasteiger partial charge in [0.05, 0.1) is 6.61 Å². The fourth-order valence-electron chi connectivity index (χ4n) is 2.72. The molecule has 128 valence electrons. The van der Waals surface area contributed by atoms with Crippen LogP contribution in [0.2, 0.25) is 0 Å². The number of aromatic nitrogens is 3. The molecule has 1 saturated heterocycles. The van der Waals surface area contributed by atoms with Gasteiger partial charge in [-0.3, -0.25) is 0 Å². The Hall–Kier alpha value is -2.38. The lowest BCUT2D eigenvalue weighted by Gasteiger charge is -2.33. The van der Waals surface area contributed by atoms with E-state index in [4.69, 9.17) is 4.74 Å². The van der Waals surface area contributed by atoms with Crippen molar-refractivity contribution < 1.29 is 17.9 Å². The molecule has 24 heavy (non-hydrogen) atoms. The molecule has 1 aliphatic heterocycles. The Kier molecular flexibility index (Phi) is 4.82. The molecule has 0 saturated carbocycles. The minimum absolute atomic E-state index is 0.193. The molecule has 0 spiro atoms. The summed E-state index contributed by atoms with van der Waals surface area (Å²) in [6.07, 6.45) is 0.590. The summed E-state index contributed by atoms with van der Waals surface area (Å²) < 4.78 is 44.0. The second kappa shape index (κ2) is 7.02. The number of ether oxygens (including phenoxy) is 1. The van der Waals surface area contributed by atoms with Crippen LogP contribution in [0.25, 0.3) is 0 Å². The van der Waals surface area contributed by atoms with Gasteiger partial charge >= 0.3 is 12.2 Å². The zero-order valence-corrected chi connectivity index (χ0v) is 12.9. The summed E-state index contributed by atoms with van der Waals surface area (Å²) in [7, 11) is 0. The molecule has 0 radical (unpaired) electrons. The van der Waals surface area contributed by atoms with Crippen molar-refractivity contribution >= 4 is 5.82 Å². The van der Waals surface area contributed by atoms with Crippen LogP contribution in [0.15, 0.2) is 36.7 Å². The van der Waals surface area contributed by atoms with E-state index in [1.807, 2.05) is 4.90 Å². The first-order valence-electron chi connectivity index (χ1n) is 7.71. The Morgan fingerprint density at radius 2 is 1.96 bits per heavy atom. The van der Waals surface area contributed by atoms with Crippen LogP contribution in [0.1, 0.15) is 18.5 Å². The summed E-state index contributed by atoms with van der Waals surface area (Å²) in [6, 6.07) is 6.00. The lowest BCUT2D eigenvalue weighted by atomic mass is 9.99. The van der Waals surface area contributed by atoms with Crippen molar-refractivity contribution in [2.24, 2.45) is 5.92 Å². The second-order valence-corrected chi connectivity index (χ2v) is 5.68. The summed E-state index contributed by atoms with van der Waals surface area (Å²) in [5, 5.41) is 0. The van der Waals surface area contributed by atoms with Crippen LogP contribution in [0.5, 0.6) is 6.01 Å². The van der Waals surface area contributed by atoms with Gasteiger partial charge < -0.3 is 9.64 Å². The van der Waals surface area contributed by atoms with Gasteiger partial charge in [-0.05, 0) is 31.0 Å². The van der Waals surface area contributed by atoms with E-state index < -0.39 is 11.9 Å². The highest BCUT2D eigenvalue weighted by Crippen LogP contribution is 2.30. The molecule has 5 nitrogen and oxygen atoms in total. The highest BCUT2D eigenvalue weighted by molar-refractivity contribution is 5.40. The van der Waals surface area contributed by atoms with Crippen molar-refractivity contribution in [3.63, 3.8) is 0 Å². The molecule has 2 aromatic heterocycles. The van der Waals surface area contributed by atoms with E-state index in [1.165, 1.54) is 6.07 Å². The van der Waals surface area contributed by atoms with Crippen LogP contribution in [-0.4, -0.2) is 34.6 Å². The summed E-state index contributed by atoms with van der Waals surface area (Å²) in [4.78, 5) is 13.6. The quantitative estimate of drug-likeness (QED) is 0.857. The lowest BCUT2D eigenvalue weighted by molar-refractivity contribution is -0.141. The number of hydrogen-bond donors (Lipinski definition) is 0. The highest BCUT2D eigenvalue weighted by Gasteiger charge is 2.33. The molecule has 1 atom stereocenters. The van der Waals surface area contributed by atoms with Crippen molar-refractivity contribution in [2.75, 3.05) is 24.6 Å². The Morgan fingerprint density at radius 1 is 1.17 bits per heavy atom. The van der Waals surface area contributed by atoms with E-state index in [0.29, 0.717) is 31.5 Å². The maximum atomic E-state index is 12.8. The van der Waals surface area contributed by atoms with Crippen molar-refractivity contribution in [1.29, 1.82) is 0 Å². The maximum Gasteiger partial charge on any atom is 0.433 e. The summed E-state index contributed by atoms with van der Waals surface area (Å²) >= 11 is 0. The average Bonchev–Trinajstić information content (AvgIpc) is 2.60. The van der Waals surface area contributed by atoms with E-state index in [-0.39, 0.29) is 5.92 Å². The maximum absolute atomic E-state index is 12.8. The Bertz CT molecular complexity index is 666. The standard InChI is InChI=1S/C16H17F3N4O/c17-16(18,19)13-5-1-6-14(22-13)23-9-2-4-12(10-23)11-24-15-20-7-3-8-21-15/h1,3,5-8,12H,2,4,9-11H2. The number of nitrogens with zero attached hydrogens (tertiary/aromatic N) is 4. The van der Waals surface area contributed by atoms with Gasteiger partial charge in [-0.25, -0.2) is 15.0 Å². The van der Waals surface area contributed by atoms with Gasteiger partial charge in [0.15, 0.2) is 0 Å². The highest BCUT2D eigenvalue weighted by atomic mass is 19.4. The minimum atomic E-state index is -4.43. The molecule has 1 aliphatic rings. The van der Waals surface area contributed by atoms with E-state index in [1.54, 1.807) is 24.5 Å². The molecule has 3 rings (SSSR count). The van der Waals surface area contributed by atoms with E-state index in [9.17, 15) is 13.2 Å². The molecule has 3 heterocycles. The second-order valence-electron chi connectivity index (χ2n) is 5.68. The summed E-state index contributed by atoms with van der Waals surface area (Å²) in [5.41, 5.74) is -0.865. The molecule has 0 bridgehead atoms. The first kappa shape index (κ1) is 16.5. The van der Waals surface area contributed by atoms with Gasteiger partial charge in [0.2, 0.25) is 0 Å². The molecule has 0 aromatic carbocycles. The summed E-state index contributed by atoms with van der Waals surface area (Å²) in [5.74, 6) is 0.546. The first-order valence-corrected chi connectivity index (χ1v) is 7.71. The van der Waals surface area contributed by atoms with Gasteiger partial charge in [0.25, 0.3) is 0 Å². The van der Waals surface area contributed by atoms with Crippen LogP contribution < -0.4 is 9.64 Å². The monoisotopic (exact) mass is 338 g/mol. The van der Waals surface area contributed by atoms with Crippen molar-refractivity contribution in [3.05, 3.63) is 42.4 Å². The smallest absolute Gasteiger partial charge is 0.433 e. The number of pyridine rings is 1. The normalized spacial score (nSPS) is 18.5. The molecular formula is C16H17F3N4O. The SMILES string of the molecule is FC(F)(F)c1cccc(N2CCCC(COc3ncccn3)C2)n1. The molecule has 8 heteroatoms. The molecular weight excluding hydrogens is 321 g/mol. The molecule has 1 unspecified atom stereocenters. The van der Waals surface area contributed by atoms with Crippen LogP contribution in [-0.2, 0) is 6.18 Å².